The molecule has 0 unspecified atom stereocenters. The topological polar surface area (TPSA) is 60.5 Å². The van der Waals surface area contributed by atoms with Crippen LogP contribution >= 0.6 is 0 Å². The summed E-state index contributed by atoms with van der Waals surface area (Å²) in [6, 6.07) is 12.9. The predicted octanol–water partition coefficient (Wildman–Crippen LogP) is 2.18. The van der Waals surface area contributed by atoms with Gasteiger partial charge >= 0.3 is 0 Å². The van der Waals surface area contributed by atoms with E-state index in [0.717, 1.165) is 11.4 Å². The highest BCUT2D eigenvalue weighted by molar-refractivity contribution is 5.75. The van der Waals surface area contributed by atoms with Crippen molar-refractivity contribution in [2.75, 3.05) is 13.7 Å². The number of carbonyl (C=O) groups is 1. The molecule has 0 atom stereocenters. The third-order valence-electron chi connectivity index (χ3n) is 2.85. The van der Waals surface area contributed by atoms with Gasteiger partial charge < -0.3 is 14.8 Å². The number of amides is 1. The van der Waals surface area contributed by atoms with Gasteiger partial charge in [0.25, 0.3) is 0 Å². The first kappa shape index (κ1) is 14.8. The predicted molar refractivity (Wildman–Crippen MR) is 79.2 cm³/mol. The third kappa shape index (κ3) is 5.14. The van der Waals surface area contributed by atoms with Crippen LogP contribution in [0.3, 0.4) is 0 Å². The lowest BCUT2D eigenvalue weighted by Gasteiger charge is -2.07. The van der Waals surface area contributed by atoms with E-state index in [-0.39, 0.29) is 5.91 Å². The molecule has 0 spiro atoms. The maximum atomic E-state index is 11.7. The molecular weight excluding hydrogens is 268 g/mol. The van der Waals surface area contributed by atoms with E-state index in [0.29, 0.717) is 25.3 Å². The summed E-state index contributed by atoms with van der Waals surface area (Å²) in [7, 11) is 1.61. The van der Waals surface area contributed by atoms with Gasteiger partial charge in [-0.3, -0.25) is 9.78 Å². The van der Waals surface area contributed by atoms with E-state index in [1.165, 1.54) is 0 Å². The zero-order valence-electron chi connectivity index (χ0n) is 11.9. The van der Waals surface area contributed by atoms with Crippen LogP contribution < -0.4 is 14.8 Å². The largest absolute Gasteiger partial charge is 0.497 e. The normalized spacial score (nSPS) is 9.95. The van der Waals surface area contributed by atoms with Crippen LogP contribution in [-0.4, -0.2) is 24.6 Å². The van der Waals surface area contributed by atoms with Crippen molar-refractivity contribution in [2.45, 2.75) is 13.0 Å². The van der Waals surface area contributed by atoms with Gasteiger partial charge in [0, 0.05) is 6.20 Å². The van der Waals surface area contributed by atoms with Crippen molar-refractivity contribution < 1.29 is 14.3 Å². The average molecular weight is 286 g/mol. The number of pyridine rings is 1. The number of aromatic nitrogens is 1. The minimum Gasteiger partial charge on any atom is -0.497 e. The Labute approximate surface area is 123 Å². The number of nitrogens with one attached hydrogen (secondary N) is 1. The molecule has 0 aliphatic rings. The molecule has 0 saturated heterocycles. The highest BCUT2D eigenvalue weighted by Gasteiger charge is 2.03. The SMILES string of the molecule is COc1ccc(OCCC(=O)NCc2ccccn2)cc1. The first-order valence-electron chi connectivity index (χ1n) is 6.71. The van der Waals surface area contributed by atoms with Gasteiger partial charge in [-0.2, -0.15) is 0 Å². The van der Waals surface area contributed by atoms with Gasteiger partial charge in [-0.05, 0) is 36.4 Å². The molecule has 0 aliphatic carbocycles. The summed E-state index contributed by atoms with van der Waals surface area (Å²) in [4.78, 5) is 15.8. The van der Waals surface area contributed by atoms with Crippen molar-refractivity contribution in [1.29, 1.82) is 0 Å². The van der Waals surface area contributed by atoms with E-state index in [1.807, 2.05) is 42.5 Å². The van der Waals surface area contributed by atoms with Crippen molar-refractivity contribution in [3.63, 3.8) is 0 Å². The molecule has 1 heterocycles. The summed E-state index contributed by atoms with van der Waals surface area (Å²) < 4.78 is 10.6. The first-order valence-corrected chi connectivity index (χ1v) is 6.71. The second-order valence-electron chi connectivity index (χ2n) is 4.37. The molecule has 5 heteroatoms. The minimum absolute atomic E-state index is 0.0610. The number of methoxy groups -OCH3 is 1. The number of benzene rings is 1. The van der Waals surface area contributed by atoms with E-state index in [9.17, 15) is 4.79 Å². The molecule has 1 aromatic carbocycles. The number of hydrogen-bond donors (Lipinski definition) is 1. The smallest absolute Gasteiger partial charge is 0.223 e. The maximum absolute atomic E-state index is 11.7. The van der Waals surface area contributed by atoms with Crippen molar-refractivity contribution in [3.8, 4) is 11.5 Å². The van der Waals surface area contributed by atoms with Crippen molar-refractivity contribution in [1.82, 2.24) is 10.3 Å². The molecule has 0 aliphatic heterocycles. The molecule has 2 aromatic rings. The monoisotopic (exact) mass is 286 g/mol. The second-order valence-corrected chi connectivity index (χ2v) is 4.37. The molecule has 110 valence electrons. The van der Waals surface area contributed by atoms with Crippen LogP contribution in [0.4, 0.5) is 0 Å². The van der Waals surface area contributed by atoms with Crippen LogP contribution in [0.15, 0.2) is 48.7 Å². The summed E-state index contributed by atoms with van der Waals surface area (Å²) >= 11 is 0. The van der Waals surface area contributed by atoms with Crippen LogP contribution in [-0.2, 0) is 11.3 Å². The Morgan fingerprint density at radius 2 is 1.90 bits per heavy atom. The van der Waals surface area contributed by atoms with Gasteiger partial charge in [-0.1, -0.05) is 6.07 Å². The quantitative estimate of drug-likeness (QED) is 0.847. The maximum Gasteiger partial charge on any atom is 0.223 e. The number of ether oxygens (including phenoxy) is 2. The standard InChI is InChI=1S/C16H18N2O3/c1-20-14-5-7-15(8-6-14)21-11-9-16(19)18-12-13-4-2-3-10-17-13/h2-8,10H,9,11-12H2,1H3,(H,18,19). The first-order chi connectivity index (χ1) is 10.3. The molecule has 1 amide bonds. The van der Waals surface area contributed by atoms with Gasteiger partial charge in [0.1, 0.15) is 11.5 Å². The fraction of sp³-hybridized carbons (Fsp3) is 0.250. The van der Waals surface area contributed by atoms with E-state index in [2.05, 4.69) is 10.3 Å². The summed E-state index contributed by atoms with van der Waals surface area (Å²) in [5.41, 5.74) is 0.835. The zero-order valence-corrected chi connectivity index (χ0v) is 11.9. The highest BCUT2D eigenvalue weighted by atomic mass is 16.5. The van der Waals surface area contributed by atoms with Crippen LogP contribution in [0.5, 0.6) is 11.5 Å². The van der Waals surface area contributed by atoms with E-state index >= 15 is 0 Å². The number of nitrogens with zero attached hydrogens (tertiary/aromatic N) is 1. The van der Waals surface area contributed by atoms with Crippen molar-refractivity contribution >= 4 is 5.91 Å². The summed E-state index contributed by atoms with van der Waals surface area (Å²) in [6.45, 7) is 0.766. The van der Waals surface area contributed by atoms with Crippen molar-refractivity contribution in [3.05, 3.63) is 54.4 Å². The lowest BCUT2D eigenvalue weighted by molar-refractivity contribution is -0.121. The van der Waals surface area contributed by atoms with Crippen molar-refractivity contribution in [2.24, 2.45) is 0 Å². The molecule has 0 fully saturated rings. The Hall–Kier alpha value is -2.56. The molecule has 1 N–H and O–H groups in total. The molecule has 0 saturated carbocycles. The van der Waals surface area contributed by atoms with Gasteiger partial charge in [0.05, 0.1) is 32.4 Å². The zero-order chi connectivity index (χ0) is 14.9. The Morgan fingerprint density at radius 1 is 1.14 bits per heavy atom. The average Bonchev–Trinajstić information content (AvgIpc) is 2.54. The number of carbonyl (C=O) groups excluding carboxylic acids is 1. The van der Waals surface area contributed by atoms with Crippen LogP contribution in [0.1, 0.15) is 12.1 Å². The Morgan fingerprint density at radius 3 is 2.57 bits per heavy atom. The minimum atomic E-state index is -0.0610. The molecule has 1 aromatic heterocycles. The van der Waals surface area contributed by atoms with Crippen LogP contribution in [0.2, 0.25) is 0 Å². The van der Waals surface area contributed by atoms with Crippen LogP contribution in [0.25, 0.3) is 0 Å². The van der Waals surface area contributed by atoms with Gasteiger partial charge in [0.15, 0.2) is 0 Å². The van der Waals surface area contributed by atoms with E-state index in [1.54, 1.807) is 13.3 Å². The molecular formula is C16H18N2O3. The Kier molecular flexibility index (Phi) is 5.58. The molecule has 5 nitrogen and oxygen atoms in total. The fourth-order valence-corrected chi connectivity index (χ4v) is 1.71. The molecule has 0 bridgehead atoms. The number of rotatable bonds is 7. The van der Waals surface area contributed by atoms with E-state index in [4.69, 9.17) is 9.47 Å². The van der Waals surface area contributed by atoms with Gasteiger partial charge in [0.2, 0.25) is 5.91 Å². The van der Waals surface area contributed by atoms with E-state index < -0.39 is 0 Å². The third-order valence-corrected chi connectivity index (χ3v) is 2.85. The lowest BCUT2D eigenvalue weighted by atomic mass is 10.3. The van der Waals surface area contributed by atoms with Crippen LogP contribution in [0, 0.1) is 0 Å². The van der Waals surface area contributed by atoms with Gasteiger partial charge in [-0.25, -0.2) is 0 Å². The fourth-order valence-electron chi connectivity index (χ4n) is 1.71. The Bertz CT molecular complexity index is 555. The van der Waals surface area contributed by atoms with Gasteiger partial charge in [-0.15, -0.1) is 0 Å². The highest BCUT2D eigenvalue weighted by Crippen LogP contribution is 2.16. The molecule has 21 heavy (non-hydrogen) atoms. The summed E-state index contributed by atoms with van der Waals surface area (Å²) in [6.07, 6.45) is 2.01. The molecule has 2 rings (SSSR count). The summed E-state index contributed by atoms with van der Waals surface area (Å²) in [5, 5.41) is 2.80. The second kappa shape index (κ2) is 7.89. The Balaban J connectivity index is 1.66. The summed E-state index contributed by atoms with van der Waals surface area (Å²) in [5.74, 6) is 1.43. The number of hydrogen-bond acceptors (Lipinski definition) is 4. The lowest BCUT2D eigenvalue weighted by Crippen LogP contribution is -2.24. The molecule has 0 radical (unpaired) electrons.